The van der Waals surface area contributed by atoms with Gasteiger partial charge in [0.2, 0.25) is 0 Å². The molecule has 0 amide bonds. The summed E-state index contributed by atoms with van der Waals surface area (Å²) in [6.07, 6.45) is 1.67. The van der Waals surface area contributed by atoms with Gasteiger partial charge >= 0.3 is 0 Å². The summed E-state index contributed by atoms with van der Waals surface area (Å²) in [5, 5.41) is 0. The zero-order valence-corrected chi connectivity index (χ0v) is 9.97. The van der Waals surface area contributed by atoms with E-state index in [1.165, 1.54) is 6.07 Å². The standard InChI is InChI=1S/C12H14ClFN2/c1-2-8-16-10-5-3-4-9(14)12(10)15-11(16)6-7-13/h3-5H,2,6-8H2,1H3. The van der Waals surface area contributed by atoms with E-state index in [4.69, 9.17) is 11.6 Å². The Hall–Kier alpha value is -1.09. The molecule has 2 aromatic rings. The number of benzene rings is 1. The molecule has 0 radical (unpaired) electrons. The Morgan fingerprint density at radius 2 is 2.25 bits per heavy atom. The number of fused-ring (bicyclic) bond motifs is 1. The van der Waals surface area contributed by atoms with Crippen LogP contribution < -0.4 is 0 Å². The quantitative estimate of drug-likeness (QED) is 0.750. The summed E-state index contributed by atoms with van der Waals surface area (Å²) in [5.41, 5.74) is 1.32. The Bertz CT molecular complexity index is 493. The van der Waals surface area contributed by atoms with Gasteiger partial charge in [-0.1, -0.05) is 13.0 Å². The molecule has 4 heteroatoms. The second-order valence-electron chi connectivity index (χ2n) is 3.73. The number of rotatable bonds is 4. The van der Waals surface area contributed by atoms with E-state index in [9.17, 15) is 4.39 Å². The van der Waals surface area contributed by atoms with Gasteiger partial charge in [-0.3, -0.25) is 0 Å². The molecule has 1 aromatic carbocycles. The fraction of sp³-hybridized carbons (Fsp3) is 0.417. The van der Waals surface area contributed by atoms with Crippen LogP contribution in [0.1, 0.15) is 19.2 Å². The van der Waals surface area contributed by atoms with Gasteiger partial charge in [0.15, 0.2) is 5.82 Å². The van der Waals surface area contributed by atoms with E-state index >= 15 is 0 Å². The molecule has 0 aliphatic rings. The number of aromatic nitrogens is 2. The predicted molar refractivity (Wildman–Crippen MR) is 64.4 cm³/mol. The Morgan fingerprint density at radius 3 is 2.94 bits per heavy atom. The number of hydrogen-bond donors (Lipinski definition) is 0. The number of halogens is 2. The first kappa shape index (κ1) is 11.4. The highest BCUT2D eigenvalue weighted by molar-refractivity contribution is 6.17. The second kappa shape index (κ2) is 4.83. The van der Waals surface area contributed by atoms with Gasteiger partial charge in [-0.2, -0.15) is 0 Å². The maximum atomic E-state index is 13.6. The first-order valence-corrected chi connectivity index (χ1v) is 6.01. The van der Waals surface area contributed by atoms with Crippen LogP contribution >= 0.6 is 11.6 Å². The molecule has 2 rings (SSSR count). The molecule has 0 bridgehead atoms. The molecule has 0 fully saturated rings. The van der Waals surface area contributed by atoms with Crippen molar-refractivity contribution in [2.45, 2.75) is 26.3 Å². The molecule has 1 heterocycles. The van der Waals surface area contributed by atoms with Crippen molar-refractivity contribution >= 4 is 22.6 Å². The van der Waals surface area contributed by atoms with Crippen LogP contribution in [-0.2, 0) is 13.0 Å². The van der Waals surface area contributed by atoms with E-state index in [2.05, 4.69) is 16.5 Å². The summed E-state index contributed by atoms with van der Waals surface area (Å²) in [7, 11) is 0. The van der Waals surface area contributed by atoms with Gasteiger partial charge in [0.25, 0.3) is 0 Å². The molecule has 0 N–H and O–H groups in total. The minimum Gasteiger partial charge on any atom is -0.328 e. The normalized spacial score (nSPS) is 11.2. The molecule has 0 aliphatic heterocycles. The van der Waals surface area contributed by atoms with Gasteiger partial charge in [0.1, 0.15) is 11.3 Å². The van der Waals surface area contributed by atoms with E-state index < -0.39 is 0 Å². The Balaban J connectivity index is 2.60. The molecule has 0 unspecified atom stereocenters. The molecule has 86 valence electrons. The van der Waals surface area contributed by atoms with E-state index in [1.54, 1.807) is 6.07 Å². The largest absolute Gasteiger partial charge is 0.328 e. The van der Waals surface area contributed by atoms with Crippen molar-refractivity contribution in [1.82, 2.24) is 9.55 Å². The summed E-state index contributed by atoms with van der Waals surface area (Å²) < 4.78 is 15.6. The van der Waals surface area contributed by atoms with E-state index in [0.29, 0.717) is 17.8 Å². The number of aryl methyl sites for hydroxylation is 2. The lowest BCUT2D eigenvalue weighted by molar-refractivity contribution is 0.637. The fourth-order valence-electron chi connectivity index (χ4n) is 1.91. The Labute approximate surface area is 99.0 Å². The minimum absolute atomic E-state index is 0.261. The molecule has 0 aliphatic carbocycles. The molecule has 0 saturated carbocycles. The average molecular weight is 241 g/mol. The lowest BCUT2D eigenvalue weighted by atomic mass is 10.3. The fourth-order valence-corrected chi connectivity index (χ4v) is 2.08. The SMILES string of the molecule is CCCn1c(CCCl)nc2c(F)cccc21. The number of imidazole rings is 1. The van der Waals surface area contributed by atoms with Crippen LogP contribution in [0.2, 0.25) is 0 Å². The van der Waals surface area contributed by atoms with Gasteiger partial charge < -0.3 is 4.57 Å². The van der Waals surface area contributed by atoms with Crippen molar-refractivity contribution in [2.75, 3.05) is 5.88 Å². The second-order valence-corrected chi connectivity index (χ2v) is 4.10. The number of para-hydroxylation sites is 1. The smallest absolute Gasteiger partial charge is 0.151 e. The zero-order chi connectivity index (χ0) is 11.5. The number of alkyl halides is 1. The maximum Gasteiger partial charge on any atom is 0.151 e. The monoisotopic (exact) mass is 240 g/mol. The number of hydrogen-bond acceptors (Lipinski definition) is 1. The van der Waals surface area contributed by atoms with Crippen LogP contribution in [0.15, 0.2) is 18.2 Å². The average Bonchev–Trinajstić information content (AvgIpc) is 2.61. The summed E-state index contributed by atoms with van der Waals surface area (Å²) in [5.74, 6) is 1.12. The van der Waals surface area contributed by atoms with E-state index in [-0.39, 0.29) is 5.82 Å². The van der Waals surface area contributed by atoms with Crippen molar-refractivity contribution in [3.05, 3.63) is 29.8 Å². The Kier molecular flexibility index (Phi) is 3.44. The van der Waals surface area contributed by atoms with Crippen LogP contribution in [0.5, 0.6) is 0 Å². The summed E-state index contributed by atoms with van der Waals surface area (Å²) >= 11 is 5.73. The molecule has 0 atom stereocenters. The van der Waals surface area contributed by atoms with Gasteiger partial charge in [0, 0.05) is 18.8 Å². The van der Waals surface area contributed by atoms with Gasteiger partial charge in [-0.25, -0.2) is 9.37 Å². The molecule has 2 nitrogen and oxygen atoms in total. The first-order chi connectivity index (χ1) is 7.77. The van der Waals surface area contributed by atoms with Crippen molar-refractivity contribution < 1.29 is 4.39 Å². The van der Waals surface area contributed by atoms with Crippen LogP contribution in [0, 0.1) is 5.82 Å². The summed E-state index contributed by atoms with van der Waals surface area (Å²) in [6.45, 7) is 2.95. The zero-order valence-electron chi connectivity index (χ0n) is 9.21. The molecular weight excluding hydrogens is 227 g/mol. The highest BCUT2D eigenvalue weighted by atomic mass is 35.5. The predicted octanol–water partition coefficient (Wildman–Crippen LogP) is 3.37. The van der Waals surface area contributed by atoms with Gasteiger partial charge in [0.05, 0.1) is 5.52 Å². The summed E-state index contributed by atoms with van der Waals surface area (Å²) in [6, 6.07) is 5.06. The van der Waals surface area contributed by atoms with Crippen molar-refractivity contribution in [3.8, 4) is 0 Å². The molecule has 1 aromatic heterocycles. The summed E-state index contributed by atoms with van der Waals surface area (Å²) in [4.78, 5) is 4.32. The molecule has 0 spiro atoms. The third kappa shape index (κ3) is 1.92. The highest BCUT2D eigenvalue weighted by Gasteiger charge is 2.12. The van der Waals surface area contributed by atoms with Crippen LogP contribution in [0.4, 0.5) is 4.39 Å². The molecule has 0 saturated heterocycles. The van der Waals surface area contributed by atoms with Crippen molar-refractivity contribution in [1.29, 1.82) is 0 Å². The van der Waals surface area contributed by atoms with Gasteiger partial charge in [-0.15, -0.1) is 11.6 Å². The highest BCUT2D eigenvalue weighted by Crippen LogP contribution is 2.20. The lowest BCUT2D eigenvalue weighted by Gasteiger charge is -2.05. The van der Waals surface area contributed by atoms with E-state index in [1.807, 2.05) is 6.07 Å². The topological polar surface area (TPSA) is 17.8 Å². The third-order valence-electron chi connectivity index (χ3n) is 2.57. The third-order valence-corrected chi connectivity index (χ3v) is 2.76. The van der Waals surface area contributed by atoms with Crippen molar-refractivity contribution in [2.24, 2.45) is 0 Å². The lowest BCUT2D eigenvalue weighted by Crippen LogP contribution is -2.03. The maximum absolute atomic E-state index is 13.6. The van der Waals surface area contributed by atoms with Crippen LogP contribution in [0.25, 0.3) is 11.0 Å². The minimum atomic E-state index is -0.261. The Morgan fingerprint density at radius 1 is 1.44 bits per heavy atom. The van der Waals surface area contributed by atoms with Crippen LogP contribution in [0.3, 0.4) is 0 Å². The van der Waals surface area contributed by atoms with Crippen molar-refractivity contribution in [3.63, 3.8) is 0 Å². The molecular formula is C12H14ClFN2. The van der Waals surface area contributed by atoms with Gasteiger partial charge in [-0.05, 0) is 18.6 Å². The molecule has 16 heavy (non-hydrogen) atoms. The van der Waals surface area contributed by atoms with Crippen LogP contribution in [-0.4, -0.2) is 15.4 Å². The number of nitrogens with zero attached hydrogens (tertiary/aromatic N) is 2. The first-order valence-electron chi connectivity index (χ1n) is 5.47. The van der Waals surface area contributed by atoms with E-state index in [0.717, 1.165) is 24.3 Å².